The Labute approximate surface area is 178 Å². The molecule has 0 saturated carbocycles. The van der Waals surface area contributed by atoms with E-state index in [1.165, 1.54) is 11.8 Å². The number of carbonyl (C=O) groups excluding carboxylic acids is 1. The summed E-state index contributed by atoms with van der Waals surface area (Å²) >= 11 is 1.47. The van der Waals surface area contributed by atoms with Gasteiger partial charge in [-0.25, -0.2) is 4.98 Å². The minimum atomic E-state index is -0.0415. The largest absolute Gasteiger partial charge is 0.496 e. The Bertz CT molecular complexity index is 1330. The van der Waals surface area contributed by atoms with Gasteiger partial charge >= 0.3 is 0 Å². The lowest BCUT2D eigenvalue weighted by Gasteiger charge is -2.13. The molecular formula is C24H22N2O3S. The standard InChI is InChI=1S/C24H22N2O3S/c1-4-26-23(28)20-12-17-7-5-6-8-18(17)13-21(20)25-24(26)30-14-19-11-16(15(2)27)9-10-22(19)29-3/h5-13H,4,14H2,1-3H3. The molecule has 0 N–H and O–H groups in total. The monoisotopic (exact) mass is 418 g/mol. The van der Waals surface area contributed by atoms with E-state index in [2.05, 4.69) is 0 Å². The van der Waals surface area contributed by atoms with Crippen molar-refractivity contribution in [1.82, 2.24) is 9.55 Å². The number of ketones is 1. The fraction of sp³-hybridized carbons (Fsp3) is 0.208. The van der Waals surface area contributed by atoms with Crippen LogP contribution in [0.15, 0.2) is 64.5 Å². The molecule has 0 atom stereocenters. The van der Waals surface area contributed by atoms with Gasteiger partial charge in [-0.05, 0) is 55.0 Å². The minimum absolute atomic E-state index is 0.00470. The average molecular weight is 419 g/mol. The lowest BCUT2D eigenvalue weighted by atomic mass is 10.1. The summed E-state index contributed by atoms with van der Waals surface area (Å²) in [5, 5.41) is 3.35. The van der Waals surface area contributed by atoms with Gasteiger partial charge in [0, 0.05) is 23.4 Å². The van der Waals surface area contributed by atoms with Crippen LogP contribution >= 0.6 is 11.8 Å². The second-order valence-corrected chi connectivity index (χ2v) is 7.97. The quantitative estimate of drug-likeness (QED) is 0.189. The normalized spacial score (nSPS) is 11.2. The van der Waals surface area contributed by atoms with Crippen LogP contribution in [0, 0.1) is 0 Å². The molecule has 0 aliphatic heterocycles. The van der Waals surface area contributed by atoms with E-state index in [1.54, 1.807) is 30.7 Å². The van der Waals surface area contributed by atoms with Gasteiger partial charge in [0.2, 0.25) is 0 Å². The number of ether oxygens (including phenoxy) is 1. The Morgan fingerprint density at radius 2 is 1.83 bits per heavy atom. The van der Waals surface area contributed by atoms with E-state index in [4.69, 9.17) is 9.72 Å². The predicted molar refractivity (Wildman–Crippen MR) is 122 cm³/mol. The van der Waals surface area contributed by atoms with Crippen LogP contribution in [0.5, 0.6) is 5.75 Å². The number of methoxy groups -OCH3 is 1. The van der Waals surface area contributed by atoms with E-state index in [0.29, 0.717) is 39.7 Å². The third kappa shape index (κ3) is 3.71. The van der Waals surface area contributed by atoms with E-state index in [-0.39, 0.29) is 11.3 Å². The maximum atomic E-state index is 13.1. The molecular weight excluding hydrogens is 396 g/mol. The van der Waals surface area contributed by atoms with Crippen LogP contribution in [0.25, 0.3) is 21.7 Å². The highest BCUT2D eigenvalue weighted by Crippen LogP contribution is 2.29. The summed E-state index contributed by atoms with van der Waals surface area (Å²) in [6.45, 7) is 4.02. The van der Waals surface area contributed by atoms with Gasteiger partial charge in [-0.3, -0.25) is 14.2 Å². The number of thioether (sulfide) groups is 1. The van der Waals surface area contributed by atoms with Crippen molar-refractivity contribution in [2.75, 3.05) is 7.11 Å². The predicted octanol–water partition coefficient (Wildman–Crippen LogP) is 5.07. The summed E-state index contributed by atoms with van der Waals surface area (Å²) < 4.78 is 7.15. The van der Waals surface area contributed by atoms with Crippen molar-refractivity contribution in [2.24, 2.45) is 0 Å². The maximum Gasteiger partial charge on any atom is 0.262 e. The molecule has 5 nitrogen and oxygen atoms in total. The molecule has 0 bridgehead atoms. The third-order valence-corrected chi connectivity index (χ3v) is 6.17. The van der Waals surface area contributed by atoms with Gasteiger partial charge in [0.15, 0.2) is 10.9 Å². The molecule has 3 aromatic carbocycles. The third-order valence-electron chi connectivity index (χ3n) is 5.15. The minimum Gasteiger partial charge on any atom is -0.496 e. The second-order valence-electron chi connectivity index (χ2n) is 7.03. The van der Waals surface area contributed by atoms with Gasteiger partial charge < -0.3 is 4.74 Å². The van der Waals surface area contributed by atoms with E-state index >= 15 is 0 Å². The second kappa shape index (κ2) is 8.32. The summed E-state index contributed by atoms with van der Waals surface area (Å²) in [4.78, 5) is 29.7. The zero-order chi connectivity index (χ0) is 21.3. The van der Waals surface area contributed by atoms with Crippen LogP contribution in [0.2, 0.25) is 0 Å². The molecule has 0 aliphatic carbocycles. The van der Waals surface area contributed by atoms with Crippen LogP contribution in [-0.4, -0.2) is 22.4 Å². The first-order valence-electron chi connectivity index (χ1n) is 9.75. The summed E-state index contributed by atoms with van der Waals surface area (Å²) in [5.41, 5.74) is 2.18. The molecule has 4 aromatic rings. The molecule has 0 saturated heterocycles. The first-order valence-corrected chi connectivity index (χ1v) is 10.7. The van der Waals surface area contributed by atoms with E-state index in [0.717, 1.165) is 16.3 Å². The number of Topliss-reactive ketones (excluding diaryl/α,β-unsaturated/α-hetero) is 1. The van der Waals surface area contributed by atoms with Gasteiger partial charge in [-0.1, -0.05) is 36.0 Å². The van der Waals surface area contributed by atoms with Crippen molar-refractivity contribution in [3.8, 4) is 5.75 Å². The molecule has 0 radical (unpaired) electrons. The number of aromatic nitrogens is 2. The van der Waals surface area contributed by atoms with Crippen LogP contribution < -0.4 is 10.3 Å². The van der Waals surface area contributed by atoms with Crippen molar-refractivity contribution < 1.29 is 9.53 Å². The lowest BCUT2D eigenvalue weighted by molar-refractivity contribution is 0.101. The number of benzene rings is 3. The number of nitrogens with zero attached hydrogens (tertiary/aromatic N) is 2. The van der Waals surface area contributed by atoms with E-state index in [1.807, 2.05) is 49.4 Å². The summed E-state index contributed by atoms with van der Waals surface area (Å²) in [6, 6.07) is 17.3. The van der Waals surface area contributed by atoms with Gasteiger partial charge in [0.25, 0.3) is 5.56 Å². The van der Waals surface area contributed by atoms with Crippen molar-refractivity contribution in [3.05, 3.63) is 76.1 Å². The van der Waals surface area contributed by atoms with Gasteiger partial charge in [0.1, 0.15) is 5.75 Å². The van der Waals surface area contributed by atoms with Crippen molar-refractivity contribution >= 4 is 39.2 Å². The SMILES string of the molecule is CCn1c(SCc2cc(C(C)=O)ccc2OC)nc2cc3ccccc3cc2c1=O. The fourth-order valence-corrected chi connectivity index (χ4v) is 4.57. The number of hydrogen-bond donors (Lipinski definition) is 0. The number of hydrogen-bond acceptors (Lipinski definition) is 5. The topological polar surface area (TPSA) is 61.2 Å². The molecule has 30 heavy (non-hydrogen) atoms. The Morgan fingerprint density at radius 1 is 1.10 bits per heavy atom. The summed E-state index contributed by atoms with van der Waals surface area (Å²) in [6.07, 6.45) is 0. The lowest BCUT2D eigenvalue weighted by Crippen LogP contribution is -2.22. The molecule has 0 aliphatic rings. The molecule has 0 amide bonds. The first kappa shape index (κ1) is 20.2. The summed E-state index contributed by atoms with van der Waals surface area (Å²) in [7, 11) is 1.61. The number of carbonyl (C=O) groups is 1. The Balaban J connectivity index is 1.77. The van der Waals surface area contributed by atoms with E-state index < -0.39 is 0 Å². The molecule has 6 heteroatoms. The molecule has 4 rings (SSSR count). The van der Waals surface area contributed by atoms with Crippen LogP contribution in [-0.2, 0) is 12.3 Å². The Hall–Kier alpha value is -3.12. The zero-order valence-corrected chi connectivity index (χ0v) is 18.0. The van der Waals surface area contributed by atoms with E-state index in [9.17, 15) is 9.59 Å². The summed E-state index contributed by atoms with van der Waals surface area (Å²) in [5.74, 6) is 1.25. The molecule has 1 heterocycles. The molecule has 0 spiro atoms. The van der Waals surface area contributed by atoms with Crippen molar-refractivity contribution in [3.63, 3.8) is 0 Å². The van der Waals surface area contributed by atoms with Gasteiger partial charge in [0.05, 0.1) is 18.0 Å². The number of rotatable bonds is 6. The van der Waals surface area contributed by atoms with Crippen LogP contribution in [0.3, 0.4) is 0 Å². The van der Waals surface area contributed by atoms with Crippen molar-refractivity contribution in [2.45, 2.75) is 31.3 Å². The smallest absolute Gasteiger partial charge is 0.262 e. The first-order chi connectivity index (χ1) is 14.5. The molecule has 1 aromatic heterocycles. The molecule has 152 valence electrons. The molecule has 0 fully saturated rings. The van der Waals surface area contributed by atoms with Gasteiger partial charge in [-0.15, -0.1) is 0 Å². The Kier molecular flexibility index (Phi) is 5.59. The zero-order valence-electron chi connectivity index (χ0n) is 17.1. The maximum absolute atomic E-state index is 13.1. The highest BCUT2D eigenvalue weighted by molar-refractivity contribution is 7.98. The Morgan fingerprint density at radius 3 is 2.50 bits per heavy atom. The van der Waals surface area contributed by atoms with Gasteiger partial charge in [-0.2, -0.15) is 0 Å². The van der Waals surface area contributed by atoms with Crippen molar-refractivity contribution in [1.29, 1.82) is 0 Å². The number of fused-ring (bicyclic) bond motifs is 2. The highest BCUT2D eigenvalue weighted by atomic mass is 32.2. The average Bonchev–Trinajstić information content (AvgIpc) is 2.76. The molecule has 0 unspecified atom stereocenters. The highest BCUT2D eigenvalue weighted by Gasteiger charge is 2.14. The van der Waals surface area contributed by atoms with Crippen LogP contribution in [0.4, 0.5) is 0 Å². The van der Waals surface area contributed by atoms with Crippen LogP contribution in [0.1, 0.15) is 29.8 Å². The fourth-order valence-electron chi connectivity index (χ4n) is 3.53.